The number of ether oxygens (including phenoxy) is 1. The molecule has 21 heavy (non-hydrogen) atoms. The highest BCUT2D eigenvalue weighted by molar-refractivity contribution is 8.00. The maximum absolute atomic E-state index is 5.39. The molecule has 0 saturated heterocycles. The van der Waals surface area contributed by atoms with Gasteiger partial charge in [0, 0.05) is 16.2 Å². The van der Waals surface area contributed by atoms with Crippen molar-refractivity contribution in [2.75, 3.05) is 14.2 Å². The summed E-state index contributed by atoms with van der Waals surface area (Å²) in [4.78, 5) is 1.34. The van der Waals surface area contributed by atoms with Crippen molar-refractivity contribution in [2.24, 2.45) is 0 Å². The molecule has 2 nitrogen and oxygen atoms in total. The van der Waals surface area contributed by atoms with Gasteiger partial charge in [0.05, 0.1) is 7.11 Å². The van der Waals surface area contributed by atoms with Gasteiger partial charge >= 0.3 is 0 Å². The molecule has 1 aliphatic carbocycles. The van der Waals surface area contributed by atoms with Gasteiger partial charge in [-0.3, -0.25) is 0 Å². The number of hydrogen-bond donors (Lipinski definition) is 1. The van der Waals surface area contributed by atoms with E-state index in [0.29, 0.717) is 11.3 Å². The van der Waals surface area contributed by atoms with Gasteiger partial charge in [-0.25, -0.2) is 0 Å². The predicted molar refractivity (Wildman–Crippen MR) is 89.2 cm³/mol. The Morgan fingerprint density at radius 1 is 1.14 bits per heavy atom. The molecular weight excluding hydrogens is 278 g/mol. The fraction of sp³-hybridized carbons (Fsp3) is 0.333. The fourth-order valence-corrected chi connectivity index (χ4v) is 4.34. The van der Waals surface area contributed by atoms with Crippen molar-refractivity contribution in [3.05, 3.63) is 59.7 Å². The molecule has 2 aromatic rings. The van der Waals surface area contributed by atoms with E-state index in [1.165, 1.54) is 22.4 Å². The van der Waals surface area contributed by atoms with Crippen molar-refractivity contribution < 1.29 is 4.74 Å². The molecule has 110 valence electrons. The van der Waals surface area contributed by atoms with Gasteiger partial charge in [-0.15, -0.1) is 11.8 Å². The van der Waals surface area contributed by atoms with Gasteiger partial charge in [-0.2, -0.15) is 0 Å². The first-order valence-corrected chi connectivity index (χ1v) is 8.25. The highest BCUT2D eigenvalue weighted by Gasteiger charge is 2.29. The number of aryl methyl sites for hydroxylation is 1. The summed E-state index contributed by atoms with van der Waals surface area (Å²) < 4.78 is 5.39. The van der Waals surface area contributed by atoms with Crippen molar-refractivity contribution in [1.82, 2.24) is 5.32 Å². The molecule has 1 aliphatic rings. The van der Waals surface area contributed by atoms with Crippen LogP contribution < -0.4 is 10.1 Å². The van der Waals surface area contributed by atoms with Crippen molar-refractivity contribution in [3.63, 3.8) is 0 Å². The topological polar surface area (TPSA) is 21.3 Å². The van der Waals surface area contributed by atoms with Crippen LogP contribution in [0.2, 0.25) is 0 Å². The number of fused-ring (bicyclic) bond motifs is 1. The third-order valence-corrected chi connectivity index (χ3v) is 5.45. The Kier molecular flexibility index (Phi) is 4.51. The Balaban J connectivity index is 1.87. The number of rotatable bonds is 4. The Hall–Kier alpha value is -1.45. The van der Waals surface area contributed by atoms with Crippen LogP contribution in [-0.2, 0) is 6.42 Å². The minimum atomic E-state index is 0.369. The molecule has 2 aromatic carbocycles. The molecular formula is C18H21NOS. The third kappa shape index (κ3) is 3.09. The van der Waals surface area contributed by atoms with E-state index in [1.54, 1.807) is 7.11 Å². The van der Waals surface area contributed by atoms with Crippen LogP contribution in [0.25, 0.3) is 0 Å². The van der Waals surface area contributed by atoms with Crippen LogP contribution >= 0.6 is 11.8 Å². The van der Waals surface area contributed by atoms with E-state index in [9.17, 15) is 0 Å². The van der Waals surface area contributed by atoms with Gasteiger partial charge in [0.25, 0.3) is 0 Å². The molecule has 3 rings (SSSR count). The number of hydrogen-bond acceptors (Lipinski definition) is 3. The predicted octanol–water partition coefficient (Wildman–Crippen LogP) is 4.06. The Morgan fingerprint density at radius 2 is 1.95 bits per heavy atom. The molecule has 0 amide bonds. The lowest BCUT2D eigenvalue weighted by Gasteiger charge is -2.33. The van der Waals surface area contributed by atoms with Crippen molar-refractivity contribution in [1.29, 1.82) is 0 Å². The van der Waals surface area contributed by atoms with Gasteiger partial charge < -0.3 is 10.1 Å². The molecule has 0 heterocycles. The number of benzene rings is 2. The monoisotopic (exact) mass is 299 g/mol. The van der Waals surface area contributed by atoms with Crippen LogP contribution in [-0.4, -0.2) is 19.4 Å². The van der Waals surface area contributed by atoms with Gasteiger partial charge in [0.1, 0.15) is 5.75 Å². The summed E-state index contributed by atoms with van der Waals surface area (Å²) in [5.74, 6) is 0.944. The first-order chi connectivity index (χ1) is 10.3. The normalized spacial score (nSPS) is 20.9. The lowest BCUT2D eigenvalue weighted by atomic mass is 9.87. The molecule has 2 unspecified atom stereocenters. The van der Waals surface area contributed by atoms with Crippen molar-refractivity contribution >= 4 is 11.8 Å². The molecule has 0 aromatic heterocycles. The van der Waals surface area contributed by atoms with E-state index < -0.39 is 0 Å². The standard InChI is InChI=1S/C18H21NOS/c1-19-18-16-12-14(20-2)10-8-13(16)9-11-17(18)21-15-6-4-3-5-7-15/h3-8,10,12,17-19H,9,11H2,1-2H3. The van der Waals surface area contributed by atoms with Crippen LogP contribution in [0.3, 0.4) is 0 Å². The number of thioether (sulfide) groups is 1. The largest absolute Gasteiger partial charge is 0.497 e. The molecule has 0 fully saturated rings. The van der Waals surface area contributed by atoms with Crippen LogP contribution in [0.15, 0.2) is 53.4 Å². The zero-order valence-electron chi connectivity index (χ0n) is 12.5. The SMILES string of the molecule is CNC1c2cc(OC)ccc2CCC1Sc1ccccc1. The second kappa shape index (κ2) is 6.54. The van der Waals surface area contributed by atoms with E-state index >= 15 is 0 Å². The molecule has 1 N–H and O–H groups in total. The third-order valence-electron chi connectivity index (χ3n) is 4.10. The fourth-order valence-electron chi connectivity index (χ4n) is 3.02. The molecule has 0 saturated carbocycles. The Morgan fingerprint density at radius 3 is 2.67 bits per heavy atom. The maximum atomic E-state index is 5.39. The molecule has 0 bridgehead atoms. The molecule has 2 atom stereocenters. The summed E-state index contributed by atoms with van der Waals surface area (Å²) in [6.07, 6.45) is 2.34. The Bertz CT molecular complexity index is 599. The molecule has 0 spiro atoms. The van der Waals surface area contributed by atoms with E-state index in [2.05, 4.69) is 60.9 Å². The highest BCUT2D eigenvalue weighted by atomic mass is 32.2. The molecule has 0 radical (unpaired) electrons. The minimum absolute atomic E-state index is 0.369. The summed E-state index contributed by atoms with van der Waals surface area (Å²) >= 11 is 1.97. The second-order valence-electron chi connectivity index (χ2n) is 5.34. The number of nitrogens with one attached hydrogen (secondary N) is 1. The zero-order valence-corrected chi connectivity index (χ0v) is 13.3. The Labute approximate surface area is 130 Å². The summed E-state index contributed by atoms with van der Waals surface area (Å²) in [6.45, 7) is 0. The molecule has 0 aliphatic heterocycles. The maximum Gasteiger partial charge on any atom is 0.119 e. The van der Waals surface area contributed by atoms with Crippen LogP contribution in [0.5, 0.6) is 5.75 Å². The first-order valence-electron chi connectivity index (χ1n) is 7.37. The van der Waals surface area contributed by atoms with E-state index in [4.69, 9.17) is 4.74 Å². The van der Waals surface area contributed by atoms with E-state index in [1.807, 2.05) is 11.8 Å². The zero-order chi connectivity index (χ0) is 14.7. The molecule has 3 heteroatoms. The van der Waals surface area contributed by atoms with Crippen LogP contribution in [0, 0.1) is 0 Å². The average molecular weight is 299 g/mol. The van der Waals surface area contributed by atoms with E-state index in [-0.39, 0.29) is 0 Å². The highest BCUT2D eigenvalue weighted by Crippen LogP contribution is 2.40. The summed E-state index contributed by atoms with van der Waals surface area (Å²) in [5.41, 5.74) is 2.83. The van der Waals surface area contributed by atoms with Gasteiger partial charge in [-0.1, -0.05) is 24.3 Å². The summed E-state index contributed by atoms with van der Waals surface area (Å²) in [5, 5.41) is 4.06. The smallest absolute Gasteiger partial charge is 0.119 e. The summed E-state index contributed by atoms with van der Waals surface area (Å²) in [7, 11) is 3.78. The average Bonchev–Trinajstić information content (AvgIpc) is 2.55. The lowest BCUT2D eigenvalue weighted by molar-refractivity contribution is 0.411. The number of methoxy groups -OCH3 is 1. The van der Waals surface area contributed by atoms with E-state index in [0.717, 1.165) is 12.2 Å². The van der Waals surface area contributed by atoms with Crippen LogP contribution in [0.1, 0.15) is 23.6 Å². The van der Waals surface area contributed by atoms with Crippen molar-refractivity contribution in [3.8, 4) is 5.75 Å². The second-order valence-corrected chi connectivity index (χ2v) is 6.65. The van der Waals surface area contributed by atoms with Gasteiger partial charge in [0.15, 0.2) is 0 Å². The minimum Gasteiger partial charge on any atom is -0.497 e. The van der Waals surface area contributed by atoms with Crippen molar-refractivity contribution in [2.45, 2.75) is 29.0 Å². The van der Waals surface area contributed by atoms with Gasteiger partial charge in [0.2, 0.25) is 0 Å². The summed E-state index contributed by atoms with van der Waals surface area (Å²) in [6, 6.07) is 17.5. The quantitative estimate of drug-likeness (QED) is 0.920. The lowest BCUT2D eigenvalue weighted by Crippen LogP contribution is -2.32. The first kappa shape index (κ1) is 14.5. The van der Waals surface area contributed by atoms with Crippen LogP contribution in [0.4, 0.5) is 0 Å². The van der Waals surface area contributed by atoms with Gasteiger partial charge in [-0.05, 0) is 55.3 Å².